The first-order chi connectivity index (χ1) is 8.40. The summed E-state index contributed by atoms with van der Waals surface area (Å²) in [6, 6.07) is 5.04. The minimum absolute atomic E-state index is 0.388. The van der Waals surface area contributed by atoms with Crippen LogP contribution in [-0.2, 0) is 0 Å². The summed E-state index contributed by atoms with van der Waals surface area (Å²) in [5.74, 6) is 0.668. The number of hydrogen-bond donors (Lipinski definition) is 1. The number of rotatable bonds is 6. The molecule has 1 atom stereocenters. The fourth-order valence-corrected chi connectivity index (χ4v) is 2.10. The second kappa shape index (κ2) is 6.74. The minimum Gasteiger partial charge on any atom is -0.383 e. The van der Waals surface area contributed by atoms with Gasteiger partial charge in [0.05, 0.1) is 11.7 Å². The summed E-state index contributed by atoms with van der Waals surface area (Å²) < 4.78 is 0. The van der Waals surface area contributed by atoms with E-state index >= 15 is 0 Å². The highest BCUT2D eigenvalue weighted by Gasteiger charge is 2.17. The van der Waals surface area contributed by atoms with E-state index in [-0.39, 0.29) is 0 Å². The summed E-state index contributed by atoms with van der Waals surface area (Å²) in [5.41, 5.74) is 2.31. The number of pyridine rings is 1. The van der Waals surface area contributed by atoms with Gasteiger partial charge in [0.1, 0.15) is 0 Å². The van der Waals surface area contributed by atoms with Crippen LogP contribution >= 0.6 is 0 Å². The quantitative estimate of drug-likeness (QED) is 0.835. The Morgan fingerprint density at radius 3 is 2.39 bits per heavy atom. The third-order valence-electron chi connectivity index (χ3n) is 2.90. The summed E-state index contributed by atoms with van der Waals surface area (Å²) in [6.07, 6.45) is 3.03. The maximum absolute atomic E-state index is 4.54. The van der Waals surface area contributed by atoms with Crippen LogP contribution in [0.15, 0.2) is 18.3 Å². The van der Waals surface area contributed by atoms with Crippen LogP contribution in [0.4, 0.5) is 5.69 Å². The number of nitrogens with zero attached hydrogens (tertiary/aromatic N) is 2. The molecule has 0 spiro atoms. The van der Waals surface area contributed by atoms with Crippen LogP contribution in [0.1, 0.15) is 45.9 Å². The Labute approximate surface area is 112 Å². The minimum atomic E-state index is 0.388. The second-order valence-corrected chi connectivity index (χ2v) is 5.88. The third-order valence-corrected chi connectivity index (χ3v) is 2.90. The average molecular weight is 249 g/mol. The highest BCUT2D eigenvalue weighted by molar-refractivity contribution is 5.44. The van der Waals surface area contributed by atoms with E-state index in [1.807, 2.05) is 12.3 Å². The molecule has 0 aliphatic carbocycles. The molecule has 1 heterocycles. The molecule has 0 bridgehead atoms. The third kappa shape index (κ3) is 4.65. The lowest BCUT2D eigenvalue weighted by atomic mass is 9.99. The van der Waals surface area contributed by atoms with Crippen molar-refractivity contribution in [1.82, 2.24) is 9.88 Å². The number of anilines is 1. The van der Waals surface area contributed by atoms with Crippen molar-refractivity contribution in [2.45, 2.75) is 46.2 Å². The Morgan fingerprint density at radius 2 is 1.89 bits per heavy atom. The maximum Gasteiger partial charge on any atom is 0.0595 e. The zero-order valence-corrected chi connectivity index (χ0v) is 12.6. The standard InChI is InChI=1S/C15H27N3/c1-11(2)9-15(18(5)6)14-10-13(7-8-16-14)17-12(3)4/h7-8,10-12,15H,9H2,1-6H3,(H,16,17). The van der Waals surface area contributed by atoms with Crippen molar-refractivity contribution >= 4 is 5.69 Å². The van der Waals surface area contributed by atoms with Gasteiger partial charge in [-0.05, 0) is 52.4 Å². The van der Waals surface area contributed by atoms with Gasteiger partial charge < -0.3 is 10.2 Å². The molecule has 3 heteroatoms. The van der Waals surface area contributed by atoms with Gasteiger partial charge in [0.25, 0.3) is 0 Å². The molecular formula is C15H27N3. The predicted octanol–water partition coefficient (Wildman–Crippen LogP) is 3.55. The topological polar surface area (TPSA) is 28.2 Å². The average Bonchev–Trinajstić information content (AvgIpc) is 2.24. The van der Waals surface area contributed by atoms with Crippen molar-refractivity contribution < 1.29 is 0 Å². The highest BCUT2D eigenvalue weighted by Crippen LogP contribution is 2.25. The van der Waals surface area contributed by atoms with Crippen LogP contribution in [0.25, 0.3) is 0 Å². The van der Waals surface area contributed by atoms with Crippen LogP contribution in [0.2, 0.25) is 0 Å². The molecule has 102 valence electrons. The first kappa shape index (κ1) is 15.0. The number of aromatic nitrogens is 1. The van der Waals surface area contributed by atoms with Gasteiger partial charge >= 0.3 is 0 Å². The largest absolute Gasteiger partial charge is 0.383 e. The molecule has 1 rings (SSSR count). The molecule has 1 unspecified atom stereocenters. The van der Waals surface area contributed by atoms with Crippen molar-refractivity contribution in [3.05, 3.63) is 24.0 Å². The van der Waals surface area contributed by atoms with Crippen molar-refractivity contribution in [3.8, 4) is 0 Å². The van der Waals surface area contributed by atoms with E-state index in [0.29, 0.717) is 18.0 Å². The van der Waals surface area contributed by atoms with E-state index in [2.05, 4.69) is 63.1 Å². The lowest BCUT2D eigenvalue weighted by Crippen LogP contribution is -2.22. The molecule has 1 aromatic rings. The lowest BCUT2D eigenvalue weighted by Gasteiger charge is -2.26. The Hall–Kier alpha value is -1.09. The van der Waals surface area contributed by atoms with Gasteiger partial charge in [-0.1, -0.05) is 13.8 Å². The predicted molar refractivity (Wildman–Crippen MR) is 78.9 cm³/mol. The van der Waals surface area contributed by atoms with Crippen molar-refractivity contribution in [1.29, 1.82) is 0 Å². The molecule has 0 radical (unpaired) electrons. The smallest absolute Gasteiger partial charge is 0.0595 e. The van der Waals surface area contributed by atoms with Gasteiger partial charge in [-0.2, -0.15) is 0 Å². The summed E-state index contributed by atoms with van der Waals surface area (Å²) in [6.45, 7) is 8.81. The monoisotopic (exact) mass is 249 g/mol. The van der Waals surface area contributed by atoms with Gasteiger partial charge in [0, 0.05) is 17.9 Å². The van der Waals surface area contributed by atoms with Crippen LogP contribution < -0.4 is 5.32 Å². The lowest BCUT2D eigenvalue weighted by molar-refractivity contribution is 0.254. The molecular weight excluding hydrogens is 222 g/mol. The molecule has 3 nitrogen and oxygen atoms in total. The molecule has 0 saturated carbocycles. The summed E-state index contributed by atoms with van der Waals surface area (Å²) in [7, 11) is 4.24. The van der Waals surface area contributed by atoms with Gasteiger partial charge in [0.15, 0.2) is 0 Å². The van der Waals surface area contributed by atoms with Gasteiger partial charge in [0.2, 0.25) is 0 Å². The maximum atomic E-state index is 4.54. The Balaban J connectivity index is 2.90. The van der Waals surface area contributed by atoms with Crippen molar-refractivity contribution in [3.63, 3.8) is 0 Å². The molecule has 0 saturated heterocycles. The first-order valence-corrected chi connectivity index (χ1v) is 6.79. The van der Waals surface area contributed by atoms with Crippen molar-refractivity contribution in [2.75, 3.05) is 19.4 Å². The van der Waals surface area contributed by atoms with Crippen LogP contribution in [0.5, 0.6) is 0 Å². The second-order valence-electron chi connectivity index (χ2n) is 5.88. The Kier molecular flexibility index (Phi) is 5.60. The van der Waals surface area contributed by atoms with Gasteiger partial charge in [-0.15, -0.1) is 0 Å². The Morgan fingerprint density at radius 1 is 1.22 bits per heavy atom. The van der Waals surface area contributed by atoms with E-state index in [0.717, 1.165) is 17.8 Å². The number of nitrogens with one attached hydrogen (secondary N) is 1. The fourth-order valence-electron chi connectivity index (χ4n) is 2.10. The fraction of sp³-hybridized carbons (Fsp3) is 0.667. The van der Waals surface area contributed by atoms with E-state index in [4.69, 9.17) is 0 Å². The molecule has 1 N–H and O–H groups in total. The molecule has 18 heavy (non-hydrogen) atoms. The number of hydrogen-bond acceptors (Lipinski definition) is 3. The van der Waals surface area contributed by atoms with Crippen molar-refractivity contribution in [2.24, 2.45) is 5.92 Å². The normalized spacial score (nSPS) is 13.4. The first-order valence-electron chi connectivity index (χ1n) is 6.79. The highest BCUT2D eigenvalue weighted by atomic mass is 15.1. The van der Waals surface area contributed by atoms with Gasteiger partial charge in [-0.25, -0.2) is 0 Å². The SMILES string of the molecule is CC(C)CC(c1cc(NC(C)C)ccn1)N(C)C. The molecule has 0 aromatic carbocycles. The molecule has 0 amide bonds. The van der Waals surface area contributed by atoms with E-state index in [1.165, 1.54) is 0 Å². The van der Waals surface area contributed by atoms with E-state index in [1.54, 1.807) is 0 Å². The van der Waals surface area contributed by atoms with Crippen LogP contribution in [-0.4, -0.2) is 30.0 Å². The molecule has 0 fully saturated rings. The van der Waals surface area contributed by atoms with Crippen LogP contribution in [0.3, 0.4) is 0 Å². The zero-order valence-electron chi connectivity index (χ0n) is 12.6. The molecule has 0 aliphatic rings. The zero-order chi connectivity index (χ0) is 13.7. The summed E-state index contributed by atoms with van der Waals surface area (Å²) in [4.78, 5) is 6.79. The summed E-state index contributed by atoms with van der Waals surface area (Å²) in [5, 5.41) is 3.43. The molecule has 0 aliphatic heterocycles. The molecule has 1 aromatic heterocycles. The van der Waals surface area contributed by atoms with E-state index < -0.39 is 0 Å². The van der Waals surface area contributed by atoms with Crippen LogP contribution in [0, 0.1) is 5.92 Å². The summed E-state index contributed by atoms with van der Waals surface area (Å²) >= 11 is 0. The van der Waals surface area contributed by atoms with Gasteiger partial charge in [-0.3, -0.25) is 4.98 Å². The Bertz CT molecular complexity index is 359. The van der Waals surface area contributed by atoms with E-state index in [9.17, 15) is 0 Å².